The summed E-state index contributed by atoms with van der Waals surface area (Å²) < 4.78 is 0.966. The SMILES string of the molecule is CNCCN(C)C(=O)c1cc(Br)cs1.Cl. The minimum atomic E-state index is 0. The molecule has 1 aromatic heterocycles. The van der Waals surface area contributed by atoms with E-state index in [1.165, 1.54) is 11.3 Å². The minimum absolute atomic E-state index is 0. The van der Waals surface area contributed by atoms with Gasteiger partial charge in [0, 0.05) is 30.0 Å². The van der Waals surface area contributed by atoms with Crippen LogP contribution in [0.3, 0.4) is 0 Å². The maximum absolute atomic E-state index is 11.8. The molecule has 0 aliphatic rings. The third kappa shape index (κ3) is 4.51. The van der Waals surface area contributed by atoms with Crippen LogP contribution in [0.2, 0.25) is 0 Å². The van der Waals surface area contributed by atoms with E-state index in [2.05, 4.69) is 21.2 Å². The van der Waals surface area contributed by atoms with Crippen LogP contribution in [-0.4, -0.2) is 38.0 Å². The Morgan fingerprint density at radius 3 is 2.80 bits per heavy atom. The lowest BCUT2D eigenvalue weighted by Gasteiger charge is -2.15. The number of carbonyl (C=O) groups excluding carboxylic acids is 1. The highest BCUT2D eigenvalue weighted by molar-refractivity contribution is 9.10. The van der Waals surface area contributed by atoms with Gasteiger partial charge in [-0.25, -0.2) is 0 Å². The molecule has 0 radical (unpaired) electrons. The topological polar surface area (TPSA) is 32.3 Å². The molecule has 1 heterocycles. The summed E-state index contributed by atoms with van der Waals surface area (Å²) in [7, 11) is 3.69. The zero-order chi connectivity index (χ0) is 10.6. The summed E-state index contributed by atoms with van der Waals surface area (Å²) in [6.45, 7) is 1.54. The van der Waals surface area contributed by atoms with Gasteiger partial charge in [0.25, 0.3) is 5.91 Å². The first-order chi connectivity index (χ1) is 6.65. The molecule has 0 saturated carbocycles. The largest absolute Gasteiger partial charge is 0.340 e. The summed E-state index contributed by atoms with van der Waals surface area (Å²) in [5, 5.41) is 4.93. The van der Waals surface area contributed by atoms with Crippen LogP contribution in [0.1, 0.15) is 9.67 Å². The number of hydrogen-bond donors (Lipinski definition) is 1. The van der Waals surface area contributed by atoms with E-state index in [4.69, 9.17) is 0 Å². The quantitative estimate of drug-likeness (QED) is 0.924. The number of hydrogen-bond acceptors (Lipinski definition) is 3. The Morgan fingerprint density at radius 2 is 2.33 bits per heavy atom. The van der Waals surface area contributed by atoms with E-state index in [1.807, 2.05) is 25.5 Å². The summed E-state index contributed by atoms with van der Waals surface area (Å²) in [6, 6.07) is 1.85. The molecule has 0 bridgehead atoms. The molecule has 0 aromatic carbocycles. The van der Waals surface area contributed by atoms with E-state index in [0.29, 0.717) is 0 Å². The van der Waals surface area contributed by atoms with Crippen LogP contribution in [-0.2, 0) is 0 Å². The number of nitrogens with zero attached hydrogens (tertiary/aromatic N) is 1. The highest BCUT2D eigenvalue weighted by Gasteiger charge is 2.12. The molecule has 1 rings (SSSR count). The Balaban J connectivity index is 0.00000196. The second-order valence-corrected chi connectivity index (χ2v) is 4.79. The first kappa shape index (κ1) is 14.9. The van der Waals surface area contributed by atoms with Crippen molar-refractivity contribution in [2.75, 3.05) is 27.2 Å². The molecule has 0 aliphatic heterocycles. The lowest BCUT2D eigenvalue weighted by Crippen LogP contribution is -2.32. The normalized spacial score (nSPS) is 9.53. The van der Waals surface area contributed by atoms with Crippen LogP contribution in [0, 0.1) is 0 Å². The van der Waals surface area contributed by atoms with Crippen molar-refractivity contribution in [1.82, 2.24) is 10.2 Å². The van der Waals surface area contributed by atoms with Gasteiger partial charge in [-0.1, -0.05) is 0 Å². The van der Waals surface area contributed by atoms with Gasteiger partial charge >= 0.3 is 0 Å². The molecule has 1 N–H and O–H groups in total. The van der Waals surface area contributed by atoms with Crippen molar-refractivity contribution in [3.63, 3.8) is 0 Å². The molecule has 1 amide bonds. The molecule has 3 nitrogen and oxygen atoms in total. The minimum Gasteiger partial charge on any atom is -0.340 e. The van der Waals surface area contributed by atoms with Gasteiger partial charge in [0.15, 0.2) is 0 Å². The van der Waals surface area contributed by atoms with Crippen molar-refractivity contribution >= 4 is 45.6 Å². The van der Waals surface area contributed by atoms with Gasteiger partial charge in [-0.2, -0.15) is 0 Å². The first-order valence-electron chi connectivity index (χ1n) is 4.29. The molecule has 0 atom stereocenters. The number of rotatable bonds is 4. The number of halogens is 2. The highest BCUT2D eigenvalue weighted by Crippen LogP contribution is 2.20. The van der Waals surface area contributed by atoms with Gasteiger partial charge in [0.1, 0.15) is 0 Å². The number of carbonyl (C=O) groups is 1. The van der Waals surface area contributed by atoms with E-state index in [0.717, 1.165) is 22.4 Å². The fourth-order valence-corrected chi connectivity index (χ4v) is 2.41. The van der Waals surface area contributed by atoms with E-state index in [9.17, 15) is 4.79 Å². The molecular formula is C9H14BrClN2OS. The molecule has 0 fully saturated rings. The third-order valence-corrected chi connectivity index (χ3v) is 3.50. The maximum Gasteiger partial charge on any atom is 0.263 e. The summed E-state index contributed by atoms with van der Waals surface area (Å²) >= 11 is 4.79. The van der Waals surface area contributed by atoms with Gasteiger partial charge in [0.05, 0.1) is 4.88 Å². The van der Waals surface area contributed by atoms with Crippen LogP contribution in [0.25, 0.3) is 0 Å². The van der Waals surface area contributed by atoms with Gasteiger partial charge in [0.2, 0.25) is 0 Å². The molecular weight excluding hydrogens is 300 g/mol. The average Bonchev–Trinajstić information content (AvgIpc) is 2.60. The van der Waals surface area contributed by atoms with E-state index in [1.54, 1.807) is 4.90 Å². The Kier molecular flexibility index (Phi) is 7.17. The van der Waals surface area contributed by atoms with Gasteiger partial charge in [-0.05, 0) is 29.0 Å². The predicted molar refractivity (Wildman–Crippen MR) is 70.2 cm³/mol. The molecule has 0 spiro atoms. The van der Waals surface area contributed by atoms with Crippen molar-refractivity contribution in [2.45, 2.75) is 0 Å². The van der Waals surface area contributed by atoms with E-state index >= 15 is 0 Å². The smallest absolute Gasteiger partial charge is 0.263 e. The summed E-state index contributed by atoms with van der Waals surface area (Å²) in [6.07, 6.45) is 0. The van der Waals surface area contributed by atoms with Crippen LogP contribution in [0.4, 0.5) is 0 Å². The predicted octanol–water partition coefficient (Wildman–Crippen LogP) is 2.22. The lowest BCUT2D eigenvalue weighted by atomic mass is 10.4. The fourth-order valence-electron chi connectivity index (χ4n) is 0.994. The second kappa shape index (κ2) is 7.22. The van der Waals surface area contributed by atoms with Crippen LogP contribution >= 0.6 is 39.7 Å². The lowest BCUT2D eigenvalue weighted by molar-refractivity contribution is 0.0801. The van der Waals surface area contributed by atoms with E-state index in [-0.39, 0.29) is 18.3 Å². The molecule has 86 valence electrons. The fraction of sp³-hybridized carbons (Fsp3) is 0.444. The molecule has 6 heteroatoms. The Morgan fingerprint density at radius 1 is 1.67 bits per heavy atom. The maximum atomic E-state index is 11.8. The van der Waals surface area contributed by atoms with E-state index < -0.39 is 0 Å². The van der Waals surface area contributed by atoms with Crippen molar-refractivity contribution in [3.8, 4) is 0 Å². The molecule has 0 saturated heterocycles. The van der Waals surface area contributed by atoms with Crippen molar-refractivity contribution in [2.24, 2.45) is 0 Å². The average molecular weight is 314 g/mol. The van der Waals surface area contributed by atoms with Crippen molar-refractivity contribution in [3.05, 3.63) is 20.8 Å². The zero-order valence-corrected chi connectivity index (χ0v) is 11.8. The zero-order valence-electron chi connectivity index (χ0n) is 8.62. The molecule has 0 unspecified atom stereocenters. The van der Waals surface area contributed by atoms with Crippen molar-refractivity contribution < 1.29 is 4.79 Å². The summed E-state index contributed by atoms with van der Waals surface area (Å²) in [4.78, 5) is 14.2. The Bertz CT molecular complexity index is 319. The van der Waals surface area contributed by atoms with Gasteiger partial charge in [-0.15, -0.1) is 23.7 Å². The van der Waals surface area contributed by atoms with Crippen LogP contribution < -0.4 is 5.32 Å². The number of likely N-dealkylation sites (N-methyl/N-ethyl adjacent to an activating group) is 2. The molecule has 1 aromatic rings. The van der Waals surface area contributed by atoms with Gasteiger partial charge in [-0.3, -0.25) is 4.79 Å². The van der Waals surface area contributed by atoms with Gasteiger partial charge < -0.3 is 10.2 Å². The van der Waals surface area contributed by atoms with Crippen molar-refractivity contribution in [1.29, 1.82) is 0 Å². The first-order valence-corrected chi connectivity index (χ1v) is 5.96. The number of amides is 1. The standard InChI is InChI=1S/C9H13BrN2OS.ClH/c1-11-3-4-12(2)9(13)8-5-7(10)6-14-8;/h5-6,11H,3-4H2,1-2H3;1H. The summed E-state index contributed by atoms with van der Waals surface area (Å²) in [5.74, 6) is 0.0796. The highest BCUT2D eigenvalue weighted by atomic mass is 79.9. The number of thiophene rings is 1. The van der Waals surface area contributed by atoms with Crippen LogP contribution in [0.15, 0.2) is 15.9 Å². The molecule has 0 aliphatic carbocycles. The van der Waals surface area contributed by atoms with Crippen LogP contribution in [0.5, 0.6) is 0 Å². The Hall–Kier alpha value is -0.100. The summed E-state index contributed by atoms with van der Waals surface area (Å²) in [5.41, 5.74) is 0. The monoisotopic (exact) mass is 312 g/mol. The third-order valence-electron chi connectivity index (χ3n) is 1.82. The second-order valence-electron chi connectivity index (χ2n) is 2.96. The molecule has 15 heavy (non-hydrogen) atoms. The Labute approximate surface area is 108 Å². The number of nitrogens with one attached hydrogen (secondary N) is 1.